The van der Waals surface area contributed by atoms with Crippen LogP contribution in [0.25, 0.3) is 6.08 Å². The summed E-state index contributed by atoms with van der Waals surface area (Å²) in [7, 11) is 4.67. The maximum atomic E-state index is 13.2. The van der Waals surface area contributed by atoms with Crippen LogP contribution in [-0.4, -0.2) is 44.8 Å². The first-order valence-electron chi connectivity index (χ1n) is 10.3. The van der Waals surface area contributed by atoms with Gasteiger partial charge >= 0.3 is 0 Å². The Kier molecular flexibility index (Phi) is 4.78. The second-order valence-electron chi connectivity index (χ2n) is 8.02. The van der Waals surface area contributed by atoms with E-state index in [2.05, 4.69) is 4.90 Å². The topological polar surface area (TPSA) is 66.5 Å². The average Bonchev–Trinajstić information content (AvgIpc) is 3.57. The van der Waals surface area contributed by atoms with Gasteiger partial charge in [0.15, 0.2) is 17.3 Å². The van der Waals surface area contributed by atoms with E-state index in [1.165, 1.54) is 12.8 Å². The highest BCUT2D eigenvalue weighted by molar-refractivity contribution is 6.16. The second-order valence-corrected chi connectivity index (χ2v) is 8.02. The number of benzene rings is 2. The zero-order chi connectivity index (χ0) is 21.7. The van der Waals surface area contributed by atoms with Gasteiger partial charge in [-0.05, 0) is 55.2 Å². The highest BCUT2D eigenvalue weighted by Gasteiger charge is 2.38. The Morgan fingerprint density at radius 1 is 1.06 bits per heavy atom. The van der Waals surface area contributed by atoms with E-state index in [0.717, 1.165) is 23.4 Å². The quantitative estimate of drug-likeness (QED) is 0.675. The normalized spacial score (nSPS) is 18.8. The lowest BCUT2D eigenvalue weighted by Crippen LogP contribution is -2.34. The fraction of sp³-hybridized carbons (Fsp3) is 0.375. The highest BCUT2D eigenvalue weighted by Crippen LogP contribution is 2.46. The highest BCUT2D eigenvalue weighted by atomic mass is 16.5. The number of nitrogens with zero attached hydrogens (tertiary/aromatic N) is 1. The van der Waals surface area contributed by atoms with Gasteiger partial charge in [0, 0.05) is 12.6 Å². The van der Waals surface area contributed by atoms with Gasteiger partial charge in [-0.15, -0.1) is 0 Å². The number of carbonyl (C=O) groups excluding carboxylic acids is 1. The molecule has 7 nitrogen and oxygen atoms in total. The first-order valence-corrected chi connectivity index (χ1v) is 10.3. The SMILES string of the molecule is COc1cc(C=C2Oc3c4c(cc(C)c3C2=O)OCN(C2CC2)C4)cc(OC)c1OC. The summed E-state index contributed by atoms with van der Waals surface area (Å²) in [4.78, 5) is 15.5. The molecule has 2 heterocycles. The van der Waals surface area contributed by atoms with Gasteiger partial charge in [0.1, 0.15) is 18.2 Å². The fourth-order valence-corrected chi connectivity index (χ4v) is 4.26. The van der Waals surface area contributed by atoms with Gasteiger partial charge < -0.3 is 23.7 Å². The van der Waals surface area contributed by atoms with Crippen LogP contribution in [0.3, 0.4) is 0 Å². The van der Waals surface area contributed by atoms with Gasteiger partial charge in [-0.3, -0.25) is 9.69 Å². The molecular weight excluding hydrogens is 398 g/mol. The van der Waals surface area contributed by atoms with Gasteiger partial charge in [-0.2, -0.15) is 0 Å². The van der Waals surface area contributed by atoms with Gasteiger partial charge in [0.2, 0.25) is 11.5 Å². The van der Waals surface area contributed by atoms with Gasteiger partial charge in [-0.25, -0.2) is 0 Å². The van der Waals surface area contributed by atoms with E-state index in [1.807, 2.05) is 13.0 Å². The smallest absolute Gasteiger partial charge is 0.232 e. The molecule has 1 aliphatic carbocycles. The van der Waals surface area contributed by atoms with Crippen LogP contribution in [0.1, 0.15) is 39.9 Å². The lowest BCUT2D eigenvalue weighted by Gasteiger charge is -2.30. The zero-order valence-electron chi connectivity index (χ0n) is 18.1. The lowest BCUT2D eigenvalue weighted by molar-refractivity contribution is 0.0867. The van der Waals surface area contributed by atoms with Crippen LogP contribution in [0.2, 0.25) is 0 Å². The van der Waals surface area contributed by atoms with Crippen LogP contribution >= 0.6 is 0 Å². The molecule has 1 saturated carbocycles. The summed E-state index contributed by atoms with van der Waals surface area (Å²) in [6.07, 6.45) is 4.10. The van der Waals surface area contributed by atoms with Crippen molar-refractivity contribution in [2.45, 2.75) is 32.4 Å². The Bertz CT molecular complexity index is 1080. The molecule has 0 saturated heterocycles. The third-order valence-electron chi connectivity index (χ3n) is 6.00. The van der Waals surface area contributed by atoms with E-state index in [0.29, 0.717) is 46.9 Å². The molecule has 0 N–H and O–H groups in total. The maximum Gasteiger partial charge on any atom is 0.232 e. The molecular formula is C24H25NO6. The van der Waals surface area contributed by atoms with Gasteiger partial charge in [0.05, 0.1) is 32.5 Å². The fourth-order valence-electron chi connectivity index (χ4n) is 4.26. The average molecular weight is 423 g/mol. The molecule has 0 radical (unpaired) electrons. The molecule has 0 aromatic heterocycles. The number of Topliss-reactive ketones (excluding diaryl/α,β-unsaturated/α-hetero) is 1. The molecule has 31 heavy (non-hydrogen) atoms. The van der Waals surface area contributed by atoms with E-state index in [1.54, 1.807) is 39.5 Å². The van der Waals surface area contributed by atoms with Crippen molar-refractivity contribution in [3.63, 3.8) is 0 Å². The molecule has 7 heteroatoms. The molecule has 0 atom stereocenters. The Morgan fingerprint density at radius 2 is 1.77 bits per heavy atom. The van der Waals surface area contributed by atoms with Crippen molar-refractivity contribution in [3.05, 3.63) is 46.2 Å². The zero-order valence-corrected chi connectivity index (χ0v) is 18.1. The third kappa shape index (κ3) is 3.29. The first-order chi connectivity index (χ1) is 15.0. The standard InChI is InChI=1S/C24H25NO6/c1-13-7-17-16(11-25(12-30-17)15-5-6-15)23-21(13)22(26)18(31-23)8-14-9-19(27-2)24(29-4)20(10-14)28-3/h7-10,15H,5-6,11-12H2,1-4H3. The first kappa shape index (κ1) is 19.8. The van der Waals surface area contributed by atoms with Crippen molar-refractivity contribution < 1.29 is 28.5 Å². The molecule has 162 valence electrons. The summed E-state index contributed by atoms with van der Waals surface area (Å²) >= 11 is 0. The van der Waals surface area contributed by atoms with Crippen LogP contribution in [0.5, 0.6) is 28.7 Å². The van der Waals surface area contributed by atoms with Crippen LogP contribution in [0, 0.1) is 6.92 Å². The number of hydrogen-bond acceptors (Lipinski definition) is 7. The van der Waals surface area contributed by atoms with Gasteiger partial charge in [0.25, 0.3) is 0 Å². The van der Waals surface area contributed by atoms with Crippen molar-refractivity contribution in [2.24, 2.45) is 0 Å². The monoisotopic (exact) mass is 423 g/mol. The summed E-state index contributed by atoms with van der Waals surface area (Å²) in [6, 6.07) is 6.08. The maximum absolute atomic E-state index is 13.2. The third-order valence-corrected chi connectivity index (χ3v) is 6.00. The minimum absolute atomic E-state index is 0.132. The molecule has 2 aliphatic heterocycles. The summed E-state index contributed by atoms with van der Waals surface area (Å²) < 4.78 is 28.4. The molecule has 0 unspecified atom stereocenters. The molecule has 3 aliphatic rings. The number of allylic oxidation sites excluding steroid dienone is 1. The number of rotatable bonds is 5. The van der Waals surface area contributed by atoms with E-state index < -0.39 is 0 Å². The molecule has 0 bridgehead atoms. The number of aryl methyl sites for hydroxylation is 1. The minimum Gasteiger partial charge on any atom is -0.493 e. The van der Waals surface area contributed by atoms with Crippen molar-refractivity contribution in [1.82, 2.24) is 4.90 Å². The Labute approximate surface area is 181 Å². The number of carbonyl (C=O) groups is 1. The summed E-state index contributed by atoms with van der Waals surface area (Å²) in [5, 5.41) is 0. The predicted molar refractivity (Wildman–Crippen MR) is 114 cm³/mol. The van der Waals surface area contributed by atoms with Crippen molar-refractivity contribution in [2.75, 3.05) is 28.1 Å². The summed E-state index contributed by atoms with van der Waals surface area (Å²) in [5.74, 6) is 3.07. The molecule has 2 aromatic rings. The van der Waals surface area contributed by atoms with Crippen LogP contribution in [0.4, 0.5) is 0 Å². The summed E-state index contributed by atoms with van der Waals surface area (Å²) in [5.41, 5.74) is 3.12. The Morgan fingerprint density at radius 3 is 2.39 bits per heavy atom. The number of fused-ring (bicyclic) bond motifs is 3. The van der Waals surface area contributed by atoms with E-state index >= 15 is 0 Å². The van der Waals surface area contributed by atoms with E-state index in [9.17, 15) is 4.79 Å². The summed E-state index contributed by atoms with van der Waals surface area (Å²) in [6.45, 7) is 3.23. The lowest BCUT2D eigenvalue weighted by atomic mass is 9.98. The van der Waals surface area contributed by atoms with Crippen molar-refractivity contribution >= 4 is 11.9 Å². The van der Waals surface area contributed by atoms with Crippen LogP contribution in [-0.2, 0) is 6.54 Å². The van der Waals surface area contributed by atoms with Crippen molar-refractivity contribution in [3.8, 4) is 28.7 Å². The molecule has 1 fully saturated rings. The molecule has 5 rings (SSSR count). The predicted octanol–water partition coefficient (Wildman–Crippen LogP) is 3.95. The number of methoxy groups -OCH3 is 3. The Balaban J connectivity index is 1.54. The van der Waals surface area contributed by atoms with Gasteiger partial charge in [-0.1, -0.05) is 0 Å². The van der Waals surface area contributed by atoms with Crippen molar-refractivity contribution in [1.29, 1.82) is 0 Å². The number of ketones is 1. The molecule has 0 spiro atoms. The van der Waals surface area contributed by atoms with Crippen LogP contribution < -0.4 is 23.7 Å². The number of hydrogen-bond donors (Lipinski definition) is 0. The minimum atomic E-state index is -0.132. The number of ether oxygens (including phenoxy) is 5. The Hall–Kier alpha value is -3.19. The second kappa shape index (κ2) is 7.50. The van der Waals surface area contributed by atoms with E-state index in [4.69, 9.17) is 23.7 Å². The van der Waals surface area contributed by atoms with Crippen LogP contribution in [0.15, 0.2) is 24.0 Å². The van der Waals surface area contributed by atoms with E-state index in [-0.39, 0.29) is 11.5 Å². The largest absolute Gasteiger partial charge is 0.493 e. The molecule has 2 aromatic carbocycles. The molecule has 0 amide bonds.